The van der Waals surface area contributed by atoms with E-state index in [-0.39, 0.29) is 43.6 Å². The maximum Gasteiger partial charge on any atom is 0.509 e. The summed E-state index contributed by atoms with van der Waals surface area (Å²) in [6.45, 7) is 31.5. The number of unbranched alkanes of at least 4 members (excludes halogenated alkanes) is 1. The average molecular weight is 820 g/mol. The number of nitrogens with two attached hydrogens (primary N) is 1. The lowest BCUT2D eigenvalue weighted by atomic mass is 10.1. The third-order valence-electron chi connectivity index (χ3n) is 8.09. The molecule has 0 saturated carbocycles. The summed E-state index contributed by atoms with van der Waals surface area (Å²) in [4.78, 5) is 65.8. The van der Waals surface area contributed by atoms with Crippen molar-refractivity contribution in [3.8, 4) is 0 Å². The summed E-state index contributed by atoms with van der Waals surface area (Å²) in [5.74, 6) is -0.384. The van der Waals surface area contributed by atoms with Crippen molar-refractivity contribution in [1.29, 1.82) is 0 Å². The Morgan fingerprint density at radius 1 is 0.679 bits per heavy atom. The summed E-state index contributed by atoms with van der Waals surface area (Å²) in [6.07, 6.45) is -2.22. The molecule has 0 aromatic carbocycles. The van der Waals surface area contributed by atoms with Gasteiger partial charge in [0.05, 0.1) is 31.8 Å². The van der Waals surface area contributed by atoms with Crippen LogP contribution in [0.25, 0.3) is 0 Å². The van der Waals surface area contributed by atoms with Crippen LogP contribution >= 0.6 is 0 Å². The summed E-state index contributed by atoms with van der Waals surface area (Å²) >= 11 is 0. The lowest BCUT2D eigenvalue weighted by Crippen LogP contribution is -2.52. The molecule has 0 saturated heterocycles. The first-order chi connectivity index (χ1) is 25.1. The lowest BCUT2D eigenvalue weighted by molar-refractivity contribution is -0.123. The molecule has 0 aromatic rings. The fourth-order valence-corrected chi connectivity index (χ4v) is 5.41. The minimum absolute atomic E-state index is 0.0485. The van der Waals surface area contributed by atoms with Crippen LogP contribution in [-0.2, 0) is 32.9 Å². The van der Waals surface area contributed by atoms with Crippen LogP contribution in [0, 0.1) is 0 Å². The van der Waals surface area contributed by atoms with E-state index in [4.69, 9.17) is 33.8 Å². The fourth-order valence-electron chi connectivity index (χ4n) is 4.36. The predicted octanol–water partition coefficient (Wildman–Crippen LogP) is 6.99. The molecule has 4 amide bonds. The second-order valence-corrected chi connectivity index (χ2v) is 24.4. The summed E-state index contributed by atoms with van der Waals surface area (Å²) in [5, 5.41) is 8.23. The van der Waals surface area contributed by atoms with Crippen molar-refractivity contribution in [2.75, 3.05) is 32.8 Å². The van der Waals surface area contributed by atoms with Crippen LogP contribution in [0.5, 0.6) is 0 Å². The van der Waals surface area contributed by atoms with Gasteiger partial charge in [-0.3, -0.25) is 4.79 Å². The Labute approximate surface area is 337 Å². The van der Waals surface area contributed by atoms with Crippen LogP contribution in [0.4, 0.5) is 19.2 Å². The van der Waals surface area contributed by atoms with Crippen LogP contribution in [-0.4, -0.2) is 117 Å². The number of nitrogens with zero attached hydrogens (tertiary/aromatic N) is 1. The molecule has 0 heterocycles. The van der Waals surface area contributed by atoms with Gasteiger partial charge in [0, 0.05) is 13.1 Å². The molecule has 0 radical (unpaired) electrons. The van der Waals surface area contributed by atoms with Gasteiger partial charge in [-0.15, -0.1) is 0 Å². The van der Waals surface area contributed by atoms with Crippen molar-refractivity contribution < 1.29 is 52.1 Å². The first-order valence-electron chi connectivity index (χ1n) is 19.6. The van der Waals surface area contributed by atoms with Gasteiger partial charge in [0.25, 0.3) is 0 Å². The maximum absolute atomic E-state index is 13.7. The molecule has 0 aliphatic heterocycles. The topological polar surface area (TPSA) is 206 Å². The van der Waals surface area contributed by atoms with Gasteiger partial charge >= 0.3 is 24.4 Å². The smallest absolute Gasteiger partial charge is 0.444 e. The highest BCUT2D eigenvalue weighted by atomic mass is 28.4. The average Bonchev–Trinajstić information content (AvgIpc) is 2.95. The van der Waals surface area contributed by atoms with Gasteiger partial charge in [0.1, 0.15) is 28.5 Å². The summed E-state index contributed by atoms with van der Waals surface area (Å²) in [5.41, 5.74) is 3.22. The SMILES string of the molecule is CC(C)(C)OC(=O)NCCCC[C@H](N)C(=O)N[C@@H](CCN(C[C@@H](CNC(=O)OC(C)(C)C)OC(=O)OC(C)(C)C)C(=O)OC(C)(C)C)CO[Si](C)(C)C(C)(C)C. The van der Waals surface area contributed by atoms with E-state index in [1.165, 1.54) is 4.90 Å². The molecule has 16 nitrogen and oxygen atoms in total. The molecular formula is C39H77N5O11Si. The lowest BCUT2D eigenvalue weighted by Gasteiger charge is -2.38. The fraction of sp³-hybridized carbons (Fsp3) is 0.872. The first-order valence-corrected chi connectivity index (χ1v) is 22.5. The second-order valence-electron chi connectivity index (χ2n) is 19.6. The van der Waals surface area contributed by atoms with Crippen LogP contribution in [0.1, 0.15) is 130 Å². The molecule has 3 atom stereocenters. The number of rotatable bonds is 18. The molecule has 0 unspecified atom stereocenters. The number of hydrogen-bond donors (Lipinski definition) is 4. The Balaban J connectivity index is 6.18. The van der Waals surface area contributed by atoms with E-state index >= 15 is 0 Å². The highest BCUT2D eigenvalue weighted by molar-refractivity contribution is 6.74. The summed E-state index contributed by atoms with van der Waals surface area (Å²) < 4.78 is 33.8. The standard InChI is InChI=1S/C39H77N5O11Si/c1-35(2,3)52-31(46)41-22-19-18-20-29(40)30(45)43-27(26-50-56(16,17)39(13,14)15)21-23-44(33(48)54-37(7,8)9)25-28(51-34(49)55-38(10,11)12)24-42-32(47)53-36(4,5)6/h27-29H,18-26,40H2,1-17H3,(H,41,46)(H,42,47)(H,43,45)/t27-,28+,29-/m0/s1. The molecule has 0 fully saturated rings. The third kappa shape index (κ3) is 25.8. The summed E-state index contributed by atoms with van der Waals surface area (Å²) in [6, 6.07) is -1.40. The number of nitrogens with one attached hydrogen (secondary N) is 3. The van der Waals surface area contributed by atoms with E-state index in [0.29, 0.717) is 25.8 Å². The van der Waals surface area contributed by atoms with Crippen LogP contribution in [0.3, 0.4) is 0 Å². The third-order valence-corrected chi connectivity index (χ3v) is 12.6. The first kappa shape index (κ1) is 52.7. The van der Waals surface area contributed by atoms with Gasteiger partial charge in [-0.25, -0.2) is 19.2 Å². The Kier molecular flexibility index (Phi) is 20.7. The zero-order chi connectivity index (χ0) is 43.9. The number of carbonyl (C=O) groups excluding carboxylic acids is 5. The van der Waals surface area contributed by atoms with E-state index in [1.807, 2.05) is 0 Å². The molecule has 328 valence electrons. The minimum atomic E-state index is -2.27. The van der Waals surface area contributed by atoms with Crippen molar-refractivity contribution >= 4 is 38.7 Å². The normalized spacial score (nSPS) is 14.4. The highest BCUT2D eigenvalue weighted by Gasteiger charge is 2.38. The molecule has 0 aromatic heterocycles. The Morgan fingerprint density at radius 2 is 1.18 bits per heavy atom. The number of alkyl carbamates (subject to hydrolysis) is 2. The Morgan fingerprint density at radius 3 is 1.66 bits per heavy atom. The number of ether oxygens (including phenoxy) is 5. The Bertz CT molecular complexity index is 1260. The van der Waals surface area contributed by atoms with Crippen molar-refractivity contribution in [3.63, 3.8) is 0 Å². The quantitative estimate of drug-likeness (QED) is 0.0478. The number of hydrogen-bond acceptors (Lipinski definition) is 12. The molecule has 17 heteroatoms. The molecule has 0 bridgehead atoms. The highest BCUT2D eigenvalue weighted by Crippen LogP contribution is 2.36. The van der Waals surface area contributed by atoms with Gasteiger partial charge in [-0.1, -0.05) is 20.8 Å². The van der Waals surface area contributed by atoms with Gasteiger partial charge in [-0.2, -0.15) is 0 Å². The van der Waals surface area contributed by atoms with Gasteiger partial charge in [-0.05, 0) is 127 Å². The maximum atomic E-state index is 13.7. The van der Waals surface area contributed by atoms with Gasteiger partial charge in [0.15, 0.2) is 8.32 Å². The van der Waals surface area contributed by atoms with E-state index < -0.39 is 73.3 Å². The zero-order valence-electron chi connectivity index (χ0n) is 37.6. The van der Waals surface area contributed by atoms with Crippen molar-refractivity contribution in [2.45, 2.75) is 188 Å². The summed E-state index contributed by atoms with van der Waals surface area (Å²) in [7, 11) is -2.27. The van der Waals surface area contributed by atoms with Crippen LogP contribution in [0.2, 0.25) is 18.1 Å². The van der Waals surface area contributed by atoms with Crippen LogP contribution in [0.15, 0.2) is 0 Å². The van der Waals surface area contributed by atoms with Crippen molar-refractivity contribution in [1.82, 2.24) is 20.9 Å². The van der Waals surface area contributed by atoms with Crippen molar-refractivity contribution in [2.24, 2.45) is 5.73 Å². The van der Waals surface area contributed by atoms with E-state index in [2.05, 4.69) is 49.8 Å². The largest absolute Gasteiger partial charge is 0.509 e. The van der Waals surface area contributed by atoms with Crippen LogP contribution < -0.4 is 21.7 Å². The molecule has 56 heavy (non-hydrogen) atoms. The number of amides is 4. The molecule has 0 aliphatic carbocycles. The molecule has 0 aliphatic rings. The minimum Gasteiger partial charge on any atom is -0.444 e. The second kappa shape index (κ2) is 22.0. The Hall–Kier alpha value is -3.31. The zero-order valence-corrected chi connectivity index (χ0v) is 38.6. The predicted molar refractivity (Wildman–Crippen MR) is 219 cm³/mol. The van der Waals surface area contributed by atoms with E-state index in [0.717, 1.165) is 0 Å². The molecular weight excluding hydrogens is 743 g/mol. The van der Waals surface area contributed by atoms with Gasteiger partial charge < -0.3 is 54.7 Å². The number of carbonyl (C=O) groups is 5. The molecule has 0 rings (SSSR count). The van der Waals surface area contributed by atoms with E-state index in [1.54, 1.807) is 83.1 Å². The monoisotopic (exact) mass is 820 g/mol. The van der Waals surface area contributed by atoms with Gasteiger partial charge in [0.2, 0.25) is 5.91 Å². The van der Waals surface area contributed by atoms with Crippen molar-refractivity contribution in [3.05, 3.63) is 0 Å². The van der Waals surface area contributed by atoms with E-state index in [9.17, 15) is 24.0 Å². The molecule has 5 N–H and O–H groups in total. The molecule has 0 spiro atoms.